The van der Waals surface area contributed by atoms with Crippen LogP contribution >= 0.6 is 12.2 Å². The first-order chi connectivity index (χ1) is 18.9. The third-order valence-electron chi connectivity index (χ3n) is 6.47. The summed E-state index contributed by atoms with van der Waals surface area (Å²) in [5, 5.41) is 16.1. The second kappa shape index (κ2) is 11.0. The SMILES string of the molecule is CCC(=O)Nc1ccc(N2C(=S)N[C@@H](c3ccccn3)[C@H]2c2ccc(-c3cccc(C(=O)O)c3)o2)cc1OC. The standard InChI is InChI=1S/C29H26N4O5S/c1-3-25(34)31-20-11-10-19(16-24(20)37-2)33-27(26(32-29(33)39)21-9-4-5-14-30-21)23-13-12-22(38-23)17-7-6-8-18(15-17)28(35)36/h4-16,26-27H,3H2,1-2H3,(H,31,34)(H,32,39)(H,35,36)/t26-,27+/m0/s1. The molecule has 1 fully saturated rings. The number of nitrogens with one attached hydrogen (secondary N) is 2. The van der Waals surface area contributed by atoms with E-state index in [0.29, 0.717) is 40.1 Å². The molecule has 0 bridgehead atoms. The number of amides is 1. The Balaban J connectivity index is 1.57. The number of benzene rings is 2. The molecule has 9 nitrogen and oxygen atoms in total. The minimum Gasteiger partial charge on any atom is -0.494 e. The molecule has 0 aliphatic carbocycles. The van der Waals surface area contributed by atoms with Gasteiger partial charge in [-0.2, -0.15) is 0 Å². The number of hydrogen-bond acceptors (Lipinski definition) is 6. The number of aromatic carboxylic acids is 1. The van der Waals surface area contributed by atoms with Gasteiger partial charge < -0.3 is 29.8 Å². The highest BCUT2D eigenvalue weighted by Gasteiger charge is 2.42. The number of carboxylic acids is 1. The van der Waals surface area contributed by atoms with Crippen LogP contribution in [0.5, 0.6) is 5.75 Å². The Morgan fingerprint density at radius 1 is 1.13 bits per heavy atom. The van der Waals surface area contributed by atoms with E-state index in [-0.39, 0.29) is 17.5 Å². The fourth-order valence-corrected chi connectivity index (χ4v) is 4.91. The molecule has 39 heavy (non-hydrogen) atoms. The number of carbonyl (C=O) groups is 2. The maximum Gasteiger partial charge on any atom is 0.335 e. The number of nitrogens with zero attached hydrogens (tertiary/aromatic N) is 2. The summed E-state index contributed by atoms with van der Waals surface area (Å²) in [5.74, 6) is 0.491. The van der Waals surface area contributed by atoms with Crippen molar-refractivity contribution in [3.8, 4) is 17.1 Å². The van der Waals surface area contributed by atoms with Crippen LogP contribution in [-0.4, -0.2) is 34.2 Å². The van der Waals surface area contributed by atoms with E-state index in [1.54, 1.807) is 44.5 Å². The van der Waals surface area contributed by atoms with Crippen LogP contribution in [0.3, 0.4) is 0 Å². The molecular weight excluding hydrogens is 516 g/mol. The molecule has 198 valence electrons. The molecule has 5 rings (SSSR count). The van der Waals surface area contributed by atoms with Crippen molar-refractivity contribution in [3.63, 3.8) is 0 Å². The molecule has 0 radical (unpaired) electrons. The summed E-state index contributed by atoms with van der Waals surface area (Å²) in [6, 6.07) is 20.6. The predicted octanol–water partition coefficient (Wildman–Crippen LogP) is 5.57. The number of carbonyl (C=O) groups excluding carboxylic acids is 1. The first-order valence-corrected chi connectivity index (χ1v) is 12.7. The Morgan fingerprint density at radius 2 is 1.97 bits per heavy atom. The zero-order valence-corrected chi connectivity index (χ0v) is 22.1. The van der Waals surface area contributed by atoms with Crippen LogP contribution in [0, 0.1) is 0 Å². The van der Waals surface area contributed by atoms with E-state index in [1.807, 2.05) is 47.4 Å². The summed E-state index contributed by atoms with van der Waals surface area (Å²) in [6.45, 7) is 1.78. The number of thiocarbonyl (C=S) groups is 1. The lowest BCUT2D eigenvalue weighted by Gasteiger charge is -2.27. The Bertz CT molecular complexity index is 1540. The van der Waals surface area contributed by atoms with Gasteiger partial charge in [0.2, 0.25) is 5.91 Å². The molecule has 1 amide bonds. The maximum atomic E-state index is 12.0. The fraction of sp³-hybridized carbons (Fsp3) is 0.172. The third-order valence-corrected chi connectivity index (χ3v) is 6.78. The van der Waals surface area contributed by atoms with Gasteiger partial charge in [-0.1, -0.05) is 25.1 Å². The van der Waals surface area contributed by atoms with Gasteiger partial charge in [0, 0.05) is 29.9 Å². The fourth-order valence-electron chi connectivity index (χ4n) is 4.57. The van der Waals surface area contributed by atoms with Gasteiger partial charge in [0.25, 0.3) is 0 Å². The molecule has 1 aliphatic rings. The zero-order chi connectivity index (χ0) is 27.5. The number of rotatable bonds is 8. The normalized spacial score (nSPS) is 16.6. The van der Waals surface area contributed by atoms with E-state index in [0.717, 1.165) is 11.4 Å². The molecule has 3 heterocycles. The Labute approximate surface area is 230 Å². The summed E-state index contributed by atoms with van der Waals surface area (Å²) in [4.78, 5) is 30.0. The van der Waals surface area contributed by atoms with Gasteiger partial charge in [-0.05, 0) is 60.7 Å². The lowest BCUT2D eigenvalue weighted by atomic mass is 10.0. The van der Waals surface area contributed by atoms with Crippen molar-refractivity contribution in [2.45, 2.75) is 25.4 Å². The summed E-state index contributed by atoms with van der Waals surface area (Å²) < 4.78 is 11.9. The van der Waals surface area contributed by atoms with Crippen LogP contribution in [0.25, 0.3) is 11.3 Å². The van der Waals surface area contributed by atoms with Crippen LogP contribution in [0.1, 0.15) is 47.2 Å². The quantitative estimate of drug-likeness (QED) is 0.246. The summed E-state index contributed by atoms with van der Waals surface area (Å²) in [7, 11) is 1.54. The van der Waals surface area contributed by atoms with Gasteiger partial charge in [0.05, 0.1) is 30.1 Å². The molecule has 2 atom stereocenters. The van der Waals surface area contributed by atoms with Crippen molar-refractivity contribution in [1.82, 2.24) is 10.3 Å². The molecular formula is C29H26N4O5S. The van der Waals surface area contributed by atoms with E-state index in [2.05, 4.69) is 15.6 Å². The average molecular weight is 543 g/mol. The minimum absolute atomic E-state index is 0.123. The van der Waals surface area contributed by atoms with Gasteiger partial charge in [0.1, 0.15) is 23.3 Å². The van der Waals surface area contributed by atoms with Gasteiger partial charge in [-0.25, -0.2) is 4.79 Å². The highest BCUT2D eigenvalue weighted by molar-refractivity contribution is 7.80. The number of pyridine rings is 1. The van der Waals surface area contributed by atoms with Crippen LogP contribution in [0.15, 0.2) is 83.4 Å². The Hall–Kier alpha value is -4.70. The molecule has 0 unspecified atom stereocenters. The number of methoxy groups -OCH3 is 1. The monoisotopic (exact) mass is 542 g/mol. The van der Waals surface area contributed by atoms with Crippen LogP contribution in [0.2, 0.25) is 0 Å². The third kappa shape index (κ3) is 5.19. The van der Waals surface area contributed by atoms with Crippen molar-refractivity contribution in [2.75, 3.05) is 17.3 Å². The van der Waals surface area contributed by atoms with Crippen molar-refractivity contribution in [3.05, 3.63) is 96.0 Å². The molecule has 4 aromatic rings. The highest BCUT2D eigenvalue weighted by atomic mass is 32.1. The van der Waals surface area contributed by atoms with Gasteiger partial charge in [-0.15, -0.1) is 0 Å². The molecule has 1 saturated heterocycles. The molecule has 0 spiro atoms. The average Bonchev–Trinajstić information content (AvgIpc) is 3.58. The number of furan rings is 1. The Kier molecular flexibility index (Phi) is 7.29. The number of hydrogen-bond donors (Lipinski definition) is 3. The van der Waals surface area contributed by atoms with Crippen molar-refractivity contribution < 1.29 is 23.8 Å². The van der Waals surface area contributed by atoms with Crippen molar-refractivity contribution in [1.29, 1.82) is 0 Å². The minimum atomic E-state index is -1.01. The van der Waals surface area contributed by atoms with Crippen molar-refractivity contribution in [2.24, 2.45) is 0 Å². The van der Waals surface area contributed by atoms with Crippen molar-refractivity contribution >= 4 is 40.6 Å². The summed E-state index contributed by atoms with van der Waals surface area (Å²) >= 11 is 5.79. The number of aromatic nitrogens is 1. The number of carboxylic acid groups (broad SMARTS) is 1. The molecule has 1 aliphatic heterocycles. The summed E-state index contributed by atoms with van der Waals surface area (Å²) in [5.41, 5.74) is 2.88. The van der Waals surface area contributed by atoms with Crippen LogP contribution < -0.4 is 20.3 Å². The second-order valence-corrected chi connectivity index (χ2v) is 9.26. The molecule has 10 heteroatoms. The number of ether oxygens (including phenoxy) is 1. The number of anilines is 2. The predicted molar refractivity (Wildman–Crippen MR) is 151 cm³/mol. The van der Waals surface area contributed by atoms with Gasteiger partial charge >= 0.3 is 5.97 Å². The highest BCUT2D eigenvalue weighted by Crippen LogP contribution is 2.44. The summed E-state index contributed by atoms with van der Waals surface area (Å²) in [6.07, 6.45) is 2.06. The molecule has 3 N–H and O–H groups in total. The molecule has 0 saturated carbocycles. The first-order valence-electron chi connectivity index (χ1n) is 12.3. The molecule has 2 aromatic heterocycles. The Morgan fingerprint density at radius 3 is 2.69 bits per heavy atom. The van der Waals surface area contributed by atoms with Gasteiger partial charge in [0.15, 0.2) is 5.11 Å². The van der Waals surface area contributed by atoms with Gasteiger partial charge in [-0.3, -0.25) is 9.78 Å². The lowest BCUT2D eigenvalue weighted by molar-refractivity contribution is -0.115. The van der Waals surface area contributed by atoms with E-state index >= 15 is 0 Å². The van der Waals surface area contributed by atoms with E-state index in [9.17, 15) is 14.7 Å². The van der Waals surface area contributed by atoms with Crippen LogP contribution in [0.4, 0.5) is 11.4 Å². The lowest BCUT2D eigenvalue weighted by Crippen LogP contribution is -2.29. The van der Waals surface area contributed by atoms with Crippen LogP contribution in [-0.2, 0) is 4.79 Å². The first kappa shape index (κ1) is 25.9. The van der Waals surface area contributed by atoms with E-state index in [4.69, 9.17) is 21.4 Å². The van der Waals surface area contributed by atoms with E-state index < -0.39 is 12.0 Å². The maximum absolute atomic E-state index is 12.0. The topological polar surface area (TPSA) is 117 Å². The van der Waals surface area contributed by atoms with E-state index in [1.165, 1.54) is 6.07 Å². The molecule has 2 aromatic carbocycles. The smallest absolute Gasteiger partial charge is 0.335 e. The zero-order valence-electron chi connectivity index (χ0n) is 21.3. The largest absolute Gasteiger partial charge is 0.494 e. The second-order valence-electron chi connectivity index (χ2n) is 8.87.